The number of esters is 1. The van der Waals surface area contributed by atoms with Crippen molar-refractivity contribution in [2.45, 2.75) is 18.0 Å². The number of ether oxygens (including phenoxy) is 2. The zero-order valence-electron chi connectivity index (χ0n) is 17.7. The largest absolute Gasteiger partial charge is 0.465 e. The van der Waals surface area contributed by atoms with E-state index in [4.69, 9.17) is 4.74 Å². The molecule has 1 aliphatic heterocycles. The average molecular weight is 486 g/mol. The van der Waals surface area contributed by atoms with Crippen LogP contribution >= 0.6 is 0 Å². The minimum atomic E-state index is -4.77. The third-order valence-electron chi connectivity index (χ3n) is 4.98. The maximum absolute atomic E-state index is 13.2. The lowest BCUT2D eigenvalue weighted by Gasteiger charge is -2.26. The first kappa shape index (κ1) is 24.7. The van der Waals surface area contributed by atoms with Crippen LogP contribution in [-0.2, 0) is 25.7 Å². The van der Waals surface area contributed by atoms with Crippen LogP contribution in [0.5, 0.6) is 0 Å². The highest BCUT2D eigenvalue weighted by Gasteiger charge is 2.32. The molecule has 2 aromatic rings. The summed E-state index contributed by atoms with van der Waals surface area (Å²) in [5.41, 5.74) is -1.52. The highest BCUT2D eigenvalue weighted by Crippen LogP contribution is 2.32. The molecule has 0 aliphatic carbocycles. The topological polar surface area (TPSA) is 102 Å². The summed E-state index contributed by atoms with van der Waals surface area (Å²) in [6, 6.07) is 6.29. The van der Waals surface area contributed by atoms with Gasteiger partial charge in [-0.3, -0.25) is 4.79 Å². The Bertz CT molecular complexity index is 1180. The molecular formula is C21H21F3N2O6S. The van der Waals surface area contributed by atoms with E-state index in [1.54, 1.807) is 6.92 Å². The number of hydrogen-bond acceptors (Lipinski definition) is 6. The molecule has 1 N–H and O–H groups in total. The molecule has 0 unspecified atom stereocenters. The van der Waals surface area contributed by atoms with Crippen molar-refractivity contribution in [2.24, 2.45) is 0 Å². The van der Waals surface area contributed by atoms with Gasteiger partial charge < -0.3 is 14.8 Å². The number of alkyl halides is 3. The van der Waals surface area contributed by atoms with Crippen molar-refractivity contribution in [3.63, 3.8) is 0 Å². The van der Waals surface area contributed by atoms with E-state index in [1.165, 1.54) is 22.5 Å². The van der Waals surface area contributed by atoms with E-state index >= 15 is 0 Å². The molecule has 0 saturated carbocycles. The number of benzene rings is 2. The predicted molar refractivity (Wildman–Crippen MR) is 111 cm³/mol. The van der Waals surface area contributed by atoms with Gasteiger partial charge in [0, 0.05) is 24.3 Å². The van der Waals surface area contributed by atoms with E-state index in [0.29, 0.717) is 17.7 Å². The Labute approximate surface area is 188 Å². The minimum Gasteiger partial charge on any atom is -0.465 e. The number of rotatable bonds is 5. The molecule has 2 aromatic carbocycles. The number of carbonyl (C=O) groups excluding carboxylic acids is 2. The highest BCUT2D eigenvalue weighted by molar-refractivity contribution is 7.89. The van der Waals surface area contributed by atoms with Gasteiger partial charge in [-0.15, -0.1) is 0 Å². The summed E-state index contributed by atoms with van der Waals surface area (Å²) in [5.74, 6) is -1.85. The lowest BCUT2D eigenvalue weighted by Crippen LogP contribution is -2.40. The monoisotopic (exact) mass is 486 g/mol. The van der Waals surface area contributed by atoms with Gasteiger partial charge in [-0.1, -0.05) is 6.07 Å². The third kappa shape index (κ3) is 5.52. The number of morpholine rings is 1. The Morgan fingerprint density at radius 3 is 2.33 bits per heavy atom. The van der Waals surface area contributed by atoms with Crippen molar-refractivity contribution in [3.8, 4) is 0 Å². The van der Waals surface area contributed by atoms with Gasteiger partial charge >= 0.3 is 12.1 Å². The molecule has 8 nitrogen and oxygen atoms in total. The molecule has 1 heterocycles. The molecule has 1 aliphatic rings. The van der Waals surface area contributed by atoms with Crippen LogP contribution in [0.4, 0.5) is 18.9 Å². The van der Waals surface area contributed by atoms with Crippen molar-refractivity contribution >= 4 is 27.6 Å². The Morgan fingerprint density at radius 2 is 1.73 bits per heavy atom. The van der Waals surface area contributed by atoms with E-state index < -0.39 is 39.2 Å². The zero-order valence-corrected chi connectivity index (χ0v) is 18.5. The Kier molecular flexibility index (Phi) is 7.10. The molecule has 1 amide bonds. The van der Waals surface area contributed by atoms with E-state index in [1.807, 2.05) is 0 Å². The van der Waals surface area contributed by atoms with Gasteiger partial charge in [-0.05, 0) is 42.8 Å². The number of hydrogen-bond donors (Lipinski definition) is 1. The second-order valence-electron chi connectivity index (χ2n) is 7.24. The number of nitrogens with zero attached hydrogens (tertiary/aromatic N) is 1. The molecule has 0 radical (unpaired) electrons. The fourth-order valence-electron chi connectivity index (χ4n) is 3.25. The summed E-state index contributed by atoms with van der Waals surface area (Å²) in [6.07, 6.45) is -4.77. The van der Waals surface area contributed by atoms with Crippen molar-refractivity contribution in [2.75, 3.05) is 38.7 Å². The van der Waals surface area contributed by atoms with Crippen LogP contribution in [0.15, 0.2) is 41.3 Å². The molecule has 1 fully saturated rings. The lowest BCUT2D eigenvalue weighted by atomic mass is 10.1. The van der Waals surface area contributed by atoms with Crippen LogP contribution in [0, 0.1) is 6.92 Å². The van der Waals surface area contributed by atoms with E-state index in [2.05, 4.69) is 10.1 Å². The summed E-state index contributed by atoms with van der Waals surface area (Å²) in [4.78, 5) is 24.4. The number of anilines is 1. The normalized spacial score (nSPS) is 15.2. The molecule has 1 saturated heterocycles. The van der Waals surface area contributed by atoms with Crippen molar-refractivity contribution in [3.05, 3.63) is 58.7 Å². The Morgan fingerprint density at radius 1 is 1.06 bits per heavy atom. The standard InChI is InChI=1S/C21H21F3N2O6S/c1-13-3-4-14(11-18(13)33(29,30)26-5-7-32-8-6-26)19(27)25-17-10-15(20(28)31-2)9-16(12-17)21(22,23)24/h3-4,9-12H,5-8H2,1-2H3,(H,25,27). The Hall–Kier alpha value is -2.96. The first-order valence-corrected chi connectivity index (χ1v) is 11.2. The number of sulfonamides is 1. The minimum absolute atomic E-state index is 0.0792. The van der Waals surface area contributed by atoms with Gasteiger partial charge in [-0.25, -0.2) is 13.2 Å². The van der Waals surface area contributed by atoms with Crippen molar-refractivity contribution in [1.29, 1.82) is 0 Å². The fraction of sp³-hybridized carbons (Fsp3) is 0.333. The molecule has 178 valence electrons. The van der Waals surface area contributed by atoms with Crippen molar-refractivity contribution < 1.29 is 40.7 Å². The second-order valence-corrected chi connectivity index (χ2v) is 9.15. The predicted octanol–water partition coefficient (Wildman–Crippen LogP) is 3.07. The maximum atomic E-state index is 13.2. The summed E-state index contributed by atoms with van der Waals surface area (Å²) >= 11 is 0. The van der Waals surface area contributed by atoms with Gasteiger partial charge in [0.15, 0.2) is 0 Å². The molecular weight excluding hydrogens is 465 g/mol. The summed E-state index contributed by atoms with van der Waals surface area (Å²) in [6.45, 7) is 2.40. The number of halogens is 3. The smallest absolute Gasteiger partial charge is 0.416 e. The molecule has 0 spiro atoms. The van der Waals surface area contributed by atoms with Crippen LogP contribution in [0.3, 0.4) is 0 Å². The zero-order chi connectivity index (χ0) is 24.4. The van der Waals surface area contributed by atoms with Crippen LogP contribution in [-0.4, -0.2) is 58.0 Å². The fourth-order valence-corrected chi connectivity index (χ4v) is 4.91. The lowest BCUT2D eigenvalue weighted by molar-refractivity contribution is -0.137. The molecule has 12 heteroatoms. The number of methoxy groups -OCH3 is 1. The van der Waals surface area contributed by atoms with Gasteiger partial charge in [0.1, 0.15) is 0 Å². The molecule has 0 bridgehead atoms. The third-order valence-corrected chi connectivity index (χ3v) is 7.02. The number of aryl methyl sites for hydroxylation is 1. The Balaban J connectivity index is 1.94. The number of nitrogens with one attached hydrogen (secondary N) is 1. The van der Waals surface area contributed by atoms with Crippen LogP contribution in [0.1, 0.15) is 31.8 Å². The van der Waals surface area contributed by atoms with Gasteiger partial charge in [-0.2, -0.15) is 17.5 Å². The molecule has 0 aromatic heterocycles. The number of amides is 1. The molecule has 0 atom stereocenters. The first-order valence-electron chi connectivity index (χ1n) is 9.74. The van der Waals surface area contributed by atoms with Crippen LogP contribution in [0.25, 0.3) is 0 Å². The maximum Gasteiger partial charge on any atom is 0.416 e. The van der Waals surface area contributed by atoms with E-state index in [9.17, 15) is 31.2 Å². The van der Waals surface area contributed by atoms with Crippen LogP contribution in [0.2, 0.25) is 0 Å². The first-order chi connectivity index (χ1) is 15.4. The SMILES string of the molecule is COC(=O)c1cc(NC(=O)c2ccc(C)c(S(=O)(=O)N3CCOCC3)c2)cc(C(F)(F)F)c1. The van der Waals surface area contributed by atoms with Crippen molar-refractivity contribution in [1.82, 2.24) is 4.31 Å². The van der Waals surface area contributed by atoms with Crippen LogP contribution < -0.4 is 5.32 Å². The van der Waals surface area contributed by atoms with Gasteiger partial charge in [0.2, 0.25) is 10.0 Å². The van der Waals surface area contributed by atoms with E-state index in [0.717, 1.165) is 13.2 Å². The molecule has 33 heavy (non-hydrogen) atoms. The number of carbonyl (C=O) groups is 2. The quantitative estimate of drug-likeness (QED) is 0.652. The van der Waals surface area contributed by atoms with E-state index in [-0.39, 0.29) is 42.4 Å². The summed E-state index contributed by atoms with van der Waals surface area (Å²) in [7, 11) is -2.89. The summed E-state index contributed by atoms with van der Waals surface area (Å²) in [5, 5.41) is 2.29. The average Bonchev–Trinajstić information content (AvgIpc) is 2.78. The van der Waals surface area contributed by atoms with Gasteiger partial charge in [0.25, 0.3) is 5.91 Å². The van der Waals surface area contributed by atoms with Gasteiger partial charge in [0.05, 0.1) is 36.3 Å². The molecule has 3 rings (SSSR count). The highest BCUT2D eigenvalue weighted by atomic mass is 32.2. The summed E-state index contributed by atoms with van der Waals surface area (Å²) < 4.78 is 76.6. The second kappa shape index (κ2) is 9.49.